The van der Waals surface area contributed by atoms with Crippen LogP contribution in [0.5, 0.6) is 5.75 Å². The van der Waals surface area contributed by atoms with Crippen LogP contribution in [0.15, 0.2) is 36.4 Å². The van der Waals surface area contributed by atoms with Gasteiger partial charge in [-0.05, 0) is 87.4 Å². The number of hydrogen-bond donors (Lipinski definition) is 2. The number of esters is 1. The summed E-state index contributed by atoms with van der Waals surface area (Å²) in [5, 5.41) is 13.4. The maximum absolute atomic E-state index is 14.2. The van der Waals surface area contributed by atoms with Crippen molar-refractivity contribution in [3.8, 4) is 5.75 Å². The highest BCUT2D eigenvalue weighted by Gasteiger charge is 2.36. The number of hydrogen-bond acceptors (Lipinski definition) is 10. The molecule has 0 bridgehead atoms. The summed E-state index contributed by atoms with van der Waals surface area (Å²) in [6, 6.07) is 11.9. The van der Waals surface area contributed by atoms with Crippen molar-refractivity contribution in [2.24, 2.45) is 0 Å². The Morgan fingerprint density at radius 2 is 1.52 bits per heavy atom. The summed E-state index contributed by atoms with van der Waals surface area (Å²) in [6.45, 7) is 10.9. The molecule has 0 aromatic heterocycles. The molecule has 6 rings (SSSR count). The van der Waals surface area contributed by atoms with Crippen LogP contribution in [0.1, 0.15) is 61.8 Å². The predicted octanol–water partition coefficient (Wildman–Crippen LogP) is 4.44. The lowest BCUT2D eigenvalue weighted by molar-refractivity contribution is -0.145. The van der Waals surface area contributed by atoms with E-state index >= 15 is 0 Å². The summed E-state index contributed by atoms with van der Waals surface area (Å²) in [6.07, 6.45) is 3.04. The molecule has 308 valence electrons. The predicted molar refractivity (Wildman–Crippen MR) is 214 cm³/mol. The van der Waals surface area contributed by atoms with Crippen molar-refractivity contribution in [2.45, 2.75) is 84.4 Å². The lowest BCUT2D eigenvalue weighted by atomic mass is 10.00. The first-order chi connectivity index (χ1) is 26.6. The number of carbonyl (C=O) groups excluding carboxylic acids is 4. The maximum atomic E-state index is 14.2. The minimum absolute atomic E-state index is 0. The van der Waals surface area contributed by atoms with Gasteiger partial charge in [-0.25, -0.2) is 9.59 Å². The van der Waals surface area contributed by atoms with Crippen LogP contribution < -0.4 is 5.32 Å². The first-order valence-corrected chi connectivity index (χ1v) is 19.9. The summed E-state index contributed by atoms with van der Waals surface area (Å²) >= 11 is 0. The third-order valence-corrected chi connectivity index (χ3v) is 11.7. The number of piperazine rings is 1. The molecule has 0 spiro atoms. The molecule has 1 atom stereocenters. The Hall–Kier alpha value is -4.40. The van der Waals surface area contributed by atoms with Crippen molar-refractivity contribution in [2.75, 3.05) is 91.1 Å². The molecule has 0 aliphatic carbocycles. The average Bonchev–Trinajstić information content (AvgIpc) is 3.37. The molecule has 14 nitrogen and oxygen atoms in total. The second-order valence-corrected chi connectivity index (χ2v) is 15.3. The number of nitrogens with zero attached hydrogens (tertiary/aromatic N) is 5. The van der Waals surface area contributed by atoms with E-state index in [0.29, 0.717) is 82.3 Å². The van der Waals surface area contributed by atoms with Gasteiger partial charge in [0.15, 0.2) is 6.10 Å². The molecule has 4 aliphatic rings. The zero-order valence-electron chi connectivity index (χ0n) is 32.7. The second-order valence-electron chi connectivity index (χ2n) is 15.3. The number of anilines is 1. The quantitative estimate of drug-likeness (QED) is 0.235. The number of fused-ring (bicyclic) bond motifs is 1. The smallest absolute Gasteiger partial charge is 0.410 e. The topological polar surface area (TPSA) is 144 Å². The molecule has 4 aliphatic heterocycles. The zero-order chi connectivity index (χ0) is 38.9. The molecule has 4 amide bonds. The van der Waals surface area contributed by atoms with Crippen LogP contribution in [0.25, 0.3) is 0 Å². The molecule has 0 radical (unpaired) electrons. The van der Waals surface area contributed by atoms with Crippen LogP contribution in [-0.4, -0.2) is 158 Å². The monoisotopic (exact) mass is 778 g/mol. The number of benzene rings is 2. The number of ether oxygens (including phenoxy) is 3. The third kappa shape index (κ3) is 10.9. The van der Waals surface area contributed by atoms with Crippen molar-refractivity contribution < 1.29 is 38.5 Å². The highest BCUT2D eigenvalue weighted by Crippen LogP contribution is 2.27. The van der Waals surface area contributed by atoms with Crippen LogP contribution in [0, 0.1) is 13.8 Å². The first kappa shape index (κ1) is 42.7. The second kappa shape index (κ2) is 20.1. The molecular weight excluding hydrogens is 716 g/mol. The Bertz CT molecular complexity index is 1630. The Labute approximate surface area is 332 Å². The van der Waals surface area contributed by atoms with Gasteiger partial charge in [-0.2, -0.15) is 0 Å². The largest absolute Gasteiger partial charge is 0.507 e. The van der Waals surface area contributed by atoms with E-state index in [1.165, 1.54) is 0 Å². The van der Waals surface area contributed by atoms with E-state index in [1.54, 1.807) is 12.0 Å². The average molecular weight is 779 g/mol. The van der Waals surface area contributed by atoms with Gasteiger partial charge in [0.2, 0.25) is 0 Å². The van der Waals surface area contributed by atoms with Gasteiger partial charge in [0.1, 0.15) is 12.4 Å². The Morgan fingerprint density at radius 1 is 0.857 bits per heavy atom. The molecule has 0 saturated carbocycles. The SMILES string of the molecule is C.COCCOC(=O)CCN1CCC(N2CCN(C(=O)[C@@H](Cc3cc(C)c(O)c(C)c3)OC(=O)N3CCC(N4CCc5ccccc5NC4=O)CC3)CC2)CC1. The summed E-state index contributed by atoms with van der Waals surface area (Å²) in [5.74, 6) is -0.190. The van der Waals surface area contributed by atoms with Crippen molar-refractivity contribution in [3.63, 3.8) is 0 Å². The fraction of sp³-hybridized carbons (Fsp3) is 0.619. The van der Waals surface area contributed by atoms with Crippen molar-refractivity contribution in [1.29, 1.82) is 0 Å². The zero-order valence-corrected chi connectivity index (χ0v) is 32.7. The fourth-order valence-corrected chi connectivity index (χ4v) is 8.43. The van der Waals surface area contributed by atoms with E-state index < -0.39 is 12.2 Å². The number of aromatic hydroxyl groups is 1. The van der Waals surface area contributed by atoms with Crippen LogP contribution in [-0.2, 0) is 36.6 Å². The van der Waals surface area contributed by atoms with Crippen LogP contribution in [0.3, 0.4) is 0 Å². The number of phenolic OH excluding ortho intramolecular Hbond substituents is 1. The number of amides is 4. The maximum Gasteiger partial charge on any atom is 0.410 e. The van der Waals surface area contributed by atoms with E-state index in [9.17, 15) is 24.3 Å². The Balaban J connectivity index is 0.00000600. The van der Waals surface area contributed by atoms with Gasteiger partial charge in [-0.15, -0.1) is 0 Å². The number of methoxy groups -OCH3 is 1. The minimum atomic E-state index is -1.01. The van der Waals surface area contributed by atoms with Gasteiger partial charge in [-0.1, -0.05) is 37.8 Å². The van der Waals surface area contributed by atoms with E-state index in [4.69, 9.17) is 14.2 Å². The molecule has 4 heterocycles. The molecular formula is C42H62N6O8. The number of urea groups is 1. The van der Waals surface area contributed by atoms with E-state index in [1.807, 2.05) is 60.0 Å². The van der Waals surface area contributed by atoms with Crippen LogP contribution >= 0.6 is 0 Å². The summed E-state index contributed by atoms with van der Waals surface area (Å²) < 4.78 is 16.2. The number of piperidine rings is 2. The number of aryl methyl sites for hydroxylation is 2. The number of rotatable bonds is 12. The summed E-state index contributed by atoms with van der Waals surface area (Å²) in [7, 11) is 1.58. The lowest BCUT2D eigenvalue weighted by Crippen LogP contribution is -2.56. The highest BCUT2D eigenvalue weighted by molar-refractivity contribution is 5.91. The van der Waals surface area contributed by atoms with Crippen molar-refractivity contribution >= 4 is 29.7 Å². The molecule has 0 unspecified atom stereocenters. The number of phenols is 1. The Kier molecular flexibility index (Phi) is 15.4. The molecule has 2 N–H and O–H groups in total. The molecule has 56 heavy (non-hydrogen) atoms. The highest BCUT2D eigenvalue weighted by atomic mass is 16.6. The van der Waals surface area contributed by atoms with Crippen LogP contribution in [0.2, 0.25) is 0 Å². The van der Waals surface area contributed by atoms with Crippen LogP contribution in [0.4, 0.5) is 15.3 Å². The van der Waals surface area contributed by atoms with E-state index in [0.717, 1.165) is 62.3 Å². The molecule has 14 heteroatoms. The van der Waals surface area contributed by atoms with Crippen molar-refractivity contribution in [1.82, 2.24) is 24.5 Å². The molecule has 2 aromatic carbocycles. The number of carbonyl (C=O) groups is 4. The van der Waals surface area contributed by atoms with E-state index in [2.05, 4.69) is 15.1 Å². The van der Waals surface area contributed by atoms with Gasteiger partial charge in [0.25, 0.3) is 5.91 Å². The standard InChI is InChI=1S/C41H58N6O8.CH4/c1-29-26-31(27-30(2)38(29)49)28-36(55-41(52)46-17-11-34(12-18-46)47-19-8-32-6-4-5-7-35(32)42-40(47)51)39(50)45-22-20-44(21-23-45)33-9-14-43(15-10-33)16-13-37(48)54-25-24-53-3;/h4-7,26-27,33-34,36,49H,8-25,28H2,1-3H3,(H,42,51);1H4/t36-;/m1./s1. The fourth-order valence-electron chi connectivity index (χ4n) is 8.43. The van der Waals surface area contributed by atoms with Gasteiger partial charge in [0.05, 0.1) is 13.0 Å². The van der Waals surface area contributed by atoms with Gasteiger partial charge >= 0.3 is 18.1 Å². The van der Waals surface area contributed by atoms with Gasteiger partial charge in [0, 0.05) is 83.7 Å². The number of para-hydroxylation sites is 1. The Morgan fingerprint density at radius 3 is 2.20 bits per heavy atom. The summed E-state index contributed by atoms with van der Waals surface area (Å²) in [4.78, 5) is 63.2. The first-order valence-electron chi connectivity index (χ1n) is 19.9. The lowest BCUT2D eigenvalue weighted by Gasteiger charge is -2.43. The summed E-state index contributed by atoms with van der Waals surface area (Å²) in [5.41, 5.74) is 4.19. The normalized spacial score (nSPS) is 19.3. The third-order valence-electron chi connectivity index (χ3n) is 11.7. The minimum Gasteiger partial charge on any atom is -0.507 e. The van der Waals surface area contributed by atoms with E-state index in [-0.39, 0.29) is 50.2 Å². The number of nitrogens with one attached hydrogen (secondary N) is 1. The number of likely N-dealkylation sites (tertiary alicyclic amines) is 2. The molecule has 3 fully saturated rings. The van der Waals surface area contributed by atoms with Gasteiger partial charge < -0.3 is 44.2 Å². The molecule has 3 saturated heterocycles. The van der Waals surface area contributed by atoms with Crippen molar-refractivity contribution in [3.05, 3.63) is 58.7 Å². The molecule has 2 aromatic rings. The van der Waals surface area contributed by atoms with Gasteiger partial charge in [-0.3, -0.25) is 14.5 Å².